The Bertz CT molecular complexity index is 248. The average molecular weight is 262 g/mol. The molecule has 0 radical (unpaired) electrons. The molecule has 1 heterocycles. The van der Waals surface area contributed by atoms with Crippen molar-refractivity contribution in [3.63, 3.8) is 0 Å². The molecule has 13 heavy (non-hydrogen) atoms. The summed E-state index contributed by atoms with van der Waals surface area (Å²) in [6.45, 7) is 1.04. The lowest BCUT2D eigenvalue weighted by Crippen LogP contribution is -2.41. The highest BCUT2D eigenvalue weighted by molar-refractivity contribution is 9.09. The minimum atomic E-state index is 0.713. The Labute approximate surface area is 90.5 Å². The van der Waals surface area contributed by atoms with Gasteiger partial charge in [0.05, 0.1) is 0 Å². The van der Waals surface area contributed by atoms with E-state index in [-0.39, 0.29) is 0 Å². The predicted octanol–water partition coefficient (Wildman–Crippen LogP) is 2.29. The molecule has 1 aliphatic rings. The van der Waals surface area contributed by atoms with Crippen LogP contribution in [0.1, 0.15) is 19.3 Å². The number of halogens is 1. The third-order valence-electron chi connectivity index (χ3n) is 2.44. The van der Waals surface area contributed by atoms with Crippen LogP contribution in [-0.2, 0) is 0 Å². The van der Waals surface area contributed by atoms with Crippen molar-refractivity contribution < 1.29 is 0 Å². The summed E-state index contributed by atoms with van der Waals surface area (Å²) >= 11 is 4.96. The van der Waals surface area contributed by atoms with Crippen molar-refractivity contribution in [3.8, 4) is 0 Å². The Hall–Kier alpha value is -0.160. The van der Waals surface area contributed by atoms with Crippen LogP contribution in [0, 0.1) is 0 Å². The van der Waals surface area contributed by atoms with Gasteiger partial charge in [0.2, 0.25) is 5.13 Å². The molecule has 3 nitrogen and oxygen atoms in total. The Morgan fingerprint density at radius 2 is 2.46 bits per heavy atom. The molecule has 5 heteroatoms. The fourth-order valence-electron chi connectivity index (χ4n) is 1.52. The highest BCUT2D eigenvalue weighted by atomic mass is 79.9. The van der Waals surface area contributed by atoms with Gasteiger partial charge in [0, 0.05) is 29.4 Å². The fraction of sp³-hybridized carbons (Fsp3) is 0.750. The third-order valence-corrected chi connectivity index (χ3v) is 3.49. The van der Waals surface area contributed by atoms with Gasteiger partial charge in [0.1, 0.15) is 6.33 Å². The van der Waals surface area contributed by atoms with Gasteiger partial charge >= 0.3 is 0 Å². The van der Waals surface area contributed by atoms with E-state index in [1.54, 1.807) is 6.33 Å². The van der Waals surface area contributed by atoms with Gasteiger partial charge in [-0.3, -0.25) is 0 Å². The van der Waals surface area contributed by atoms with Crippen molar-refractivity contribution in [2.45, 2.75) is 25.3 Å². The van der Waals surface area contributed by atoms with E-state index in [4.69, 9.17) is 0 Å². The van der Waals surface area contributed by atoms with Gasteiger partial charge < -0.3 is 4.90 Å². The van der Waals surface area contributed by atoms with Gasteiger partial charge in [-0.1, -0.05) is 15.9 Å². The van der Waals surface area contributed by atoms with Crippen molar-refractivity contribution in [2.75, 3.05) is 16.8 Å². The van der Waals surface area contributed by atoms with Crippen molar-refractivity contribution >= 4 is 32.6 Å². The summed E-state index contributed by atoms with van der Waals surface area (Å²) in [4.78, 5) is 6.62. The molecule has 1 saturated carbocycles. The first-order valence-electron chi connectivity index (χ1n) is 4.51. The zero-order valence-corrected chi connectivity index (χ0v) is 9.72. The number of aromatic nitrogens is 2. The van der Waals surface area contributed by atoms with E-state index >= 15 is 0 Å². The highest BCUT2D eigenvalue weighted by Crippen LogP contribution is 2.29. The second-order valence-electron chi connectivity index (χ2n) is 3.19. The normalized spacial score (nSPS) is 17.0. The van der Waals surface area contributed by atoms with Crippen molar-refractivity contribution in [3.05, 3.63) is 6.33 Å². The second kappa shape index (κ2) is 4.37. The molecule has 0 aliphatic heterocycles. The average Bonchev–Trinajstić information content (AvgIpc) is 2.51. The van der Waals surface area contributed by atoms with Crippen LogP contribution >= 0.6 is 27.5 Å². The summed E-state index contributed by atoms with van der Waals surface area (Å²) < 4.78 is 4.04. The number of nitrogens with zero attached hydrogens (tertiary/aromatic N) is 3. The van der Waals surface area contributed by atoms with Gasteiger partial charge in [-0.25, -0.2) is 4.98 Å². The molecule has 0 unspecified atom stereocenters. The van der Waals surface area contributed by atoms with Crippen LogP contribution in [0.25, 0.3) is 0 Å². The molecule has 0 aromatic carbocycles. The smallest absolute Gasteiger partial charge is 0.205 e. The van der Waals surface area contributed by atoms with E-state index in [1.807, 2.05) is 0 Å². The van der Waals surface area contributed by atoms with E-state index in [9.17, 15) is 0 Å². The van der Waals surface area contributed by atoms with E-state index < -0.39 is 0 Å². The van der Waals surface area contributed by atoms with E-state index in [2.05, 4.69) is 30.2 Å². The molecule has 1 aromatic heterocycles. The Morgan fingerprint density at radius 3 is 2.92 bits per heavy atom. The fourth-order valence-corrected chi connectivity index (χ4v) is 2.53. The number of hydrogen-bond acceptors (Lipinski definition) is 4. The highest BCUT2D eigenvalue weighted by Gasteiger charge is 2.26. The summed E-state index contributed by atoms with van der Waals surface area (Å²) in [5.74, 6) is 0. The zero-order chi connectivity index (χ0) is 9.10. The molecule has 1 fully saturated rings. The molecule has 0 bridgehead atoms. The van der Waals surface area contributed by atoms with Crippen LogP contribution < -0.4 is 4.90 Å². The Morgan fingerprint density at radius 1 is 1.62 bits per heavy atom. The summed E-state index contributed by atoms with van der Waals surface area (Å²) in [5.41, 5.74) is 0. The van der Waals surface area contributed by atoms with Crippen LogP contribution in [-0.4, -0.2) is 27.3 Å². The Balaban J connectivity index is 2.04. The zero-order valence-electron chi connectivity index (χ0n) is 7.32. The van der Waals surface area contributed by atoms with Gasteiger partial charge in [0.15, 0.2) is 0 Å². The molecule has 0 saturated heterocycles. The van der Waals surface area contributed by atoms with E-state index in [1.165, 1.54) is 30.8 Å². The van der Waals surface area contributed by atoms with Crippen molar-refractivity contribution in [1.29, 1.82) is 0 Å². The molecule has 1 aromatic rings. The quantitative estimate of drug-likeness (QED) is 0.779. The summed E-state index contributed by atoms with van der Waals surface area (Å²) in [6, 6.07) is 0.713. The molecular formula is C8H12BrN3S. The monoisotopic (exact) mass is 261 g/mol. The molecule has 2 rings (SSSR count). The largest absolute Gasteiger partial charge is 0.343 e. The third kappa shape index (κ3) is 2.02. The second-order valence-corrected chi connectivity index (χ2v) is 4.74. The van der Waals surface area contributed by atoms with Gasteiger partial charge in [-0.15, -0.1) is 0 Å². The lowest BCUT2D eigenvalue weighted by molar-refractivity contribution is 0.391. The Kier molecular flexibility index (Phi) is 3.16. The molecule has 0 spiro atoms. The standard InChI is InChI=1S/C8H12BrN3S/c9-4-5-12(7-2-1-3-7)8-10-6-11-13-8/h6-7H,1-5H2. The molecule has 0 N–H and O–H groups in total. The minimum absolute atomic E-state index is 0.713. The number of anilines is 1. The molecule has 0 atom stereocenters. The molecule has 72 valence electrons. The van der Waals surface area contributed by atoms with E-state index in [0.29, 0.717) is 6.04 Å². The lowest BCUT2D eigenvalue weighted by Gasteiger charge is -2.36. The summed E-state index contributed by atoms with van der Waals surface area (Å²) in [6.07, 6.45) is 5.63. The maximum absolute atomic E-state index is 4.25. The first kappa shape index (κ1) is 9.40. The maximum atomic E-state index is 4.25. The topological polar surface area (TPSA) is 29.0 Å². The van der Waals surface area contributed by atoms with Gasteiger partial charge in [-0.2, -0.15) is 4.37 Å². The van der Waals surface area contributed by atoms with Crippen molar-refractivity contribution in [2.24, 2.45) is 0 Å². The van der Waals surface area contributed by atoms with Crippen LogP contribution in [0.5, 0.6) is 0 Å². The van der Waals surface area contributed by atoms with Crippen LogP contribution in [0.4, 0.5) is 5.13 Å². The SMILES string of the molecule is BrCCN(c1ncns1)C1CCC1. The van der Waals surface area contributed by atoms with Crippen LogP contribution in [0.15, 0.2) is 6.33 Å². The minimum Gasteiger partial charge on any atom is -0.343 e. The van der Waals surface area contributed by atoms with Crippen LogP contribution in [0.3, 0.4) is 0 Å². The first-order chi connectivity index (χ1) is 6.42. The number of hydrogen-bond donors (Lipinski definition) is 0. The van der Waals surface area contributed by atoms with Gasteiger partial charge in [0.25, 0.3) is 0 Å². The number of rotatable bonds is 4. The number of alkyl halides is 1. The lowest BCUT2D eigenvalue weighted by atomic mass is 9.92. The van der Waals surface area contributed by atoms with E-state index in [0.717, 1.165) is 17.0 Å². The van der Waals surface area contributed by atoms with Gasteiger partial charge in [-0.05, 0) is 19.3 Å². The first-order valence-corrected chi connectivity index (χ1v) is 6.40. The van der Waals surface area contributed by atoms with Crippen molar-refractivity contribution in [1.82, 2.24) is 9.36 Å². The molecule has 1 aliphatic carbocycles. The van der Waals surface area contributed by atoms with Crippen LogP contribution in [0.2, 0.25) is 0 Å². The predicted molar refractivity (Wildman–Crippen MR) is 58.7 cm³/mol. The summed E-state index contributed by atoms with van der Waals surface area (Å²) in [5, 5.41) is 2.08. The maximum Gasteiger partial charge on any atom is 0.205 e. The molecule has 0 amide bonds. The molecular weight excluding hydrogens is 250 g/mol. The summed E-state index contributed by atoms with van der Waals surface area (Å²) in [7, 11) is 0.